The second-order valence-corrected chi connectivity index (χ2v) is 5.50. The minimum atomic E-state index is -0.808. The predicted molar refractivity (Wildman–Crippen MR) is 93.1 cm³/mol. The van der Waals surface area contributed by atoms with Gasteiger partial charge in [0, 0.05) is 25.2 Å². The minimum absolute atomic E-state index is 0.0641. The second kappa shape index (κ2) is 9.55. The third kappa shape index (κ3) is 5.13. The van der Waals surface area contributed by atoms with E-state index in [0.29, 0.717) is 32.4 Å². The first kappa shape index (κ1) is 20.3. The molecule has 0 bridgehead atoms. The molecule has 1 aromatic carbocycles. The maximum Gasteiger partial charge on any atom is 0.338 e. The monoisotopic (exact) mass is 353 g/mol. The van der Waals surface area contributed by atoms with E-state index in [-0.39, 0.29) is 17.9 Å². The summed E-state index contributed by atoms with van der Waals surface area (Å²) in [6.07, 6.45) is 1.93. The molecule has 0 N–H and O–H groups in total. The largest absolute Gasteiger partial charge is 0.462 e. The van der Waals surface area contributed by atoms with Gasteiger partial charge in [-0.3, -0.25) is 20.2 Å². The lowest BCUT2D eigenvalue weighted by Gasteiger charge is -2.23. The lowest BCUT2D eigenvalue weighted by Crippen LogP contribution is -2.27. The Morgan fingerprint density at radius 3 is 1.84 bits per heavy atom. The van der Waals surface area contributed by atoms with E-state index >= 15 is 0 Å². The van der Waals surface area contributed by atoms with Gasteiger partial charge in [-0.15, -0.1) is 0 Å². The van der Waals surface area contributed by atoms with Gasteiger partial charge in [-0.05, 0) is 19.3 Å². The number of carbonyl (C=O) groups is 1. The van der Waals surface area contributed by atoms with E-state index in [1.165, 1.54) is 0 Å². The first-order valence-electron chi connectivity index (χ1n) is 8.26. The molecule has 0 saturated heterocycles. The van der Waals surface area contributed by atoms with Gasteiger partial charge in [0.05, 0.1) is 22.0 Å². The van der Waals surface area contributed by atoms with Crippen molar-refractivity contribution in [1.82, 2.24) is 0 Å². The molecule has 0 aliphatic carbocycles. The van der Waals surface area contributed by atoms with Crippen LogP contribution in [0.4, 0.5) is 17.1 Å². The second-order valence-electron chi connectivity index (χ2n) is 5.50. The molecule has 0 unspecified atom stereocenters. The fraction of sp³-hybridized carbons (Fsp3) is 0.562. The van der Waals surface area contributed by atoms with Crippen LogP contribution in [0.2, 0.25) is 0 Å². The molecular formula is C16H23N3O6. The average molecular weight is 353 g/mol. The first-order valence-corrected chi connectivity index (χ1v) is 8.26. The molecule has 0 spiro atoms. The number of anilines is 1. The van der Waals surface area contributed by atoms with Gasteiger partial charge in [0.25, 0.3) is 0 Å². The van der Waals surface area contributed by atoms with Crippen molar-refractivity contribution in [1.29, 1.82) is 0 Å². The van der Waals surface area contributed by atoms with Gasteiger partial charge in [0.15, 0.2) is 5.69 Å². The van der Waals surface area contributed by atoms with Crippen molar-refractivity contribution in [2.45, 2.75) is 40.0 Å². The molecule has 0 radical (unpaired) electrons. The SMILES string of the molecule is CCCOC(=O)c1cc([N+](=O)[O-])c(N(CCC)CCC)c([N+](=O)[O-])c1. The van der Waals surface area contributed by atoms with Crippen LogP contribution in [-0.4, -0.2) is 35.5 Å². The Labute approximate surface area is 145 Å². The molecule has 9 heteroatoms. The number of ether oxygens (including phenoxy) is 1. The molecule has 9 nitrogen and oxygen atoms in total. The van der Waals surface area contributed by atoms with E-state index in [0.717, 1.165) is 12.1 Å². The summed E-state index contributed by atoms with van der Waals surface area (Å²) < 4.78 is 4.94. The molecule has 0 saturated carbocycles. The number of rotatable bonds is 10. The average Bonchev–Trinajstić information content (AvgIpc) is 2.58. The molecule has 138 valence electrons. The van der Waals surface area contributed by atoms with Gasteiger partial charge in [0.2, 0.25) is 0 Å². The van der Waals surface area contributed by atoms with Crippen molar-refractivity contribution in [2.24, 2.45) is 0 Å². The molecule has 0 heterocycles. The summed E-state index contributed by atoms with van der Waals surface area (Å²) in [5, 5.41) is 23.0. The number of carbonyl (C=O) groups excluding carboxylic acids is 1. The van der Waals surface area contributed by atoms with Crippen molar-refractivity contribution < 1.29 is 19.4 Å². The molecule has 0 atom stereocenters. The Bertz CT molecular complexity index is 606. The summed E-state index contributed by atoms with van der Waals surface area (Å²) in [7, 11) is 0. The van der Waals surface area contributed by atoms with E-state index in [4.69, 9.17) is 4.74 Å². The minimum Gasteiger partial charge on any atom is -0.462 e. The van der Waals surface area contributed by atoms with Gasteiger partial charge in [0.1, 0.15) is 0 Å². The van der Waals surface area contributed by atoms with Crippen LogP contribution in [0.25, 0.3) is 0 Å². The molecule has 1 aromatic rings. The van der Waals surface area contributed by atoms with Gasteiger partial charge < -0.3 is 9.64 Å². The highest BCUT2D eigenvalue weighted by Crippen LogP contribution is 2.39. The van der Waals surface area contributed by atoms with Crippen LogP contribution in [0.5, 0.6) is 0 Å². The fourth-order valence-corrected chi connectivity index (χ4v) is 2.48. The summed E-state index contributed by atoms with van der Waals surface area (Å²) in [6, 6.07) is 2.11. The number of nitrogens with zero attached hydrogens (tertiary/aromatic N) is 3. The lowest BCUT2D eigenvalue weighted by atomic mass is 10.1. The van der Waals surface area contributed by atoms with Crippen LogP contribution in [0, 0.1) is 20.2 Å². The van der Waals surface area contributed by atoms with Gasteiger partial charge >= 0.3 is 17.3 Å². The standard InChI is InChI=1S/C16H23N3O6/c1-4-7-17(8-5-2)15-13(18(21)22)10-12(11-14(15)19(23)24)16(20)25-9-6-3/h10-11H,4-9H2,1-3H3. The Morgan fingerprint density at radius 2 is 1.48 bits per heavy atom. The summed E-state index contributed by atoms with van der Waals surface area (Å²) in [5.74, 6) is -0.808. The quantitative estimate of drug-likeness (QED) is 0.358. The number of hydrogen-bond acceptors (Lipinski definition) is 7. The van der Waals surface area contributed by atoms with E-state index in [9.17, 15) is 25.0 Å². The highest BCUT2D eigenvalue weighted by atomic mass is 16.6. The van der Waals surface area contributed by atoms with Crippen LogP contribution >= 0.6 is 0 Å². The number of nitro groups is 2. The predicted octanol–water partition coefficient (Wildman–Crippen LogP) is 3.70. The first-order chi connectivity index (χ1) is 11.9. The maximum atomic E-state index is 12.0. The van der Waals surface area contributed by atoms with Crippen LogP contribution in [0.1, 0.15) is 50.4 Å². The summed E-state index contributed by atoms with van der Waals surface area (Å²) in [5.41, 5.74) is -1.17. The molecule has 1 rings (SSSR count). The normalized spacial score (nSPS) is 10.4. The Balaban J connectivity index is 3.55. The van der Waals surface area contributed by atoms with Crippen molar-refractivity contribution in [3.8, 4) is 0 Å². The zero-order chi connectivity index (χ0) is 19.0. The molecule has 0 aliphatic rings. The van der Waals surface area contributed by atoms with E-state index in [2.05, 4.69) is 0 Å². The topological polar surface area (TPSA) is 116 Å². The zero-order valence-electron chi connectivity index (χ0n) is 14.7. The van der Waals surface area contributed by atoms with Gasteiger partial charge in [-0.1, -0.05) is 20.8 Å². The summed E-state index contributed by atoms with van der Waals surface area (Å²) in [6.45, 7) is 6.59. The number of nitro benzene ring substituents is 2. The Morgan fingerprint density at radius 1 is 1.00 bits per heavy atom. The smallest absolute Gasteiger partial charge is 0.338 e. The van der Waals surface area contributed by atoms with Crippen molar-refractivity contribution in [3.05, 3.63) is 37.9 Å². The molecule has 0 amide bonds. The van der Waals surface area contributed by atoms with E-state index < -0.39 is 27.2 Å². The number of hydrogen-bond donors (Lipinski definition) is 0. The van der Waals surface area contributed by atoms with Crippen LogP contribution in [-0.2, 0) is 4.74 Å². The highest BCUT2D eigenvalue weighted by molar-refractivity contribution is 5.94. The van der Waals surface area contributed by atoms with Gasteiger partial charge in [-0.2, -0.15) is 0 Å². The maximum absolute atomic E-state index is 12.0. The van der Waals surface area contributed by atoms with Crippen molar-refractivity contribution >= 4 is 23.0 Å². The van der Waals surface area contributed by atoms with E-state index in [1.54, 1.807) is 11.8 Å². The molecule has 0 aromatic heterocycles. The van der Waals surface area contributed by atoms with Crippen molar-refractivity contribution in [2.75, 3.05) is 24.6 Å². The van der Waals surface area contributed by atoms with Crippen LogP contribution in [0.15, 0.2) is 12.1 Å². The molecule has 0 fully saturated rings. The summed E-state index contributed by atoms with van der Waals surface area (Å²) in [4.78, 5) is 35.2. The molecule has 0 aliphatic heterocycles. The van der Waals surface area contributed by atoms with Crippen LogP contribution in [0.3, 0.4) is 0 Å². The third-order valence-electron chi connectivity index (χ3n) is 3.44. The fourth-order valence-electron chi connectivity index (χ4n) is 2.48. The number of benzene rings is 1. The Hall–Kier alpha value is -2.71. The van der Waals surface area contributed by atoms with Gasteiger partial charge in [-0.25, -0.2) is 4.79 Å². The molecular weight excluding hydrogens is 330 g/mol. The van der Waals surface area contributed by atoms with Crippen molar-refractivity contribution in [3.63, 3.8) is 0 Å². The summed E-state index contributed by atoms with van der Waals surface area (Å²) >= 11 is 0. The highest BCUT2D eigenvalue weighted by Gasteiger charge is 2.32. The van der Waals surface area contributed by atoms with E-state index in [1.807, 2.05) is 13.8 Å². The number of esters is 1. The lowest BCUT2D eigenvalue weighted by molar-refractivity contribution is -0.392. The third-order valence-corrected chi connectivity index (χ3v) is 3.44. The molecule has 25 heavy (non-hydrogen) atoms. The zero-order valence-corrected chi connectivity index (χ0v) is 14.7. The van der Waals surface area contributed by atoms with Crippen LogP contribution < -0.4 is 4.90 Å². The Kier molecular flexibility index (Phi) is 7.77.